The van der Waals surface area contributed by atoms with Crippen LogP contribution in [0.4, 0.5) is 0 Å². The summed E-state index contributed by atoms with van der Waals surface area (Å²) in [7, 11) is 3.09. The number of allylic oxidation sites excluding steroid dienone is 1. The van der Waals surface area contributed by atoms with Crippen molar-refractivity contribution >= 4 is 28.8 Å². The van der Waals surface area contributed by atoms with Gasteiger partial charge in [0, 0.05) is 0 Å². The molecule has 2 atom stereocenters. The van der Waals surface area contributed by atoms with Crippen LogP contribution in [0.2, 0.25) is 0 Å². The molecule has 0 aliphatic carbocycles. The number of esters is 1. The molecule has 1 saturated heterocycles. The first kappa shape index (κ1) is 21.0. The minimum Gasteiger partial charge on any atom is -0.493 e. The Morgan fingerprint density at radius 3 is 2.66 bits per heavy atom. The van der Waals surface area contributed by atoms with Gasteiger partial charge in [-0.15, -0.1) is 0 Å². The van der Waals surface area contributed by atoms with Gasteiger partial charge in [0.15, 0.2) is 16.7 Å². The van der Waals surface area contributed by atoms with Crippen LogP contribution < -0.4 is 9.47 Å². The van der Waals surface area contributed by atoms with Crippen molar-refractivity contribution in [1.29, 1.82) is 0 Å². The third-order valence-corrected chi connectivity index (χ3v) is 6.12. The lowest BCUT2D eigenvalue weighted by Gasteiger charge is -2.33. The molecular weight excluding hydrogens is 392 g/mol. The zero-order valence-corrected chi connectivity index (χ0v) is 17.7. The predicted octanol–water partition coefficient (Wildman–Crippen LogP) is 3.47. The van der Waals surface area contributed by atoms with Crippen molar-refractivity contribution in [3.63, 3.8) is 0 Å². The normalized spacial score (nSPS) is 20.9. The minimum absolute atomic E-state index is 0.0717. The second kappa shape index (κ2) is 8.73. The summed E-state index contributed by atoms with van der Waals surface area (Å²) in [6.07, 6.45) is 2.17. The molecule has 2 aliphatic rings. The zero-order valence-electron chi connectivity index (χ0n) is 16.9. The van der Waals surface area contributed by atoms with Crippen molar-refractivity contribution in [2.24, 2.45) is 4.99 Å². The largest absolute Gasteiger partial charge is 0.493 e. The molecule has 29 heavy (non-hydrogen) atoms. The van der Waals surface area contributed by atoms with E-state index in [-0.39, 0.29) is 17.8 Å². The van der Waals surface area contributed by atoms with Gasteiger partial charge in [0.1, 0.15) is 6.61 Å². The van der Waals surface area contributed by atoms with E-state index >= 15 is 0 Å². The number of rotatable bonds is 7. The number of benzene rings is 1. The molecule has 0 saturated carbocycles. The first-order valence-electron chi connectivity index (χ1n) is 9.25. The van der Waals surface area contributed by atoms with Gasteiger partial charge in [-0.2, -0.15) is 0 Å². The molecule has 0 radical (unpaired) electrons. The smallest absolute Gasteiger partial charge is 0.338 e. The van der Waals surface area contributed by atoms with E-state index in [0.717, 1.165) is 0 Å². The fourth-order valence-corrected chi connectivity index (χ4v) is 4.53. The number of nitrogens with zero attached hydrogens (tertiary/aromatic N) is 2. The van der Waals surface area contributed by atoms with Gasteiger partial charge in [0.2, 0.25) is 5.91 Å². The van der Waals surface area contributed by atoms with Gasteiger partial charge in [-0.1, -0.05) is 37.4 Å². The lowest BCUT2D eigenvalue weighted by atomic mass is 9.94. The monoisotopic (exact) mass is 416 g/mol. The summed E-state index contributed by atoms with van der Waals surface area (Å²) >= 11 is 1.42. The van der Waals surface area contributed by atoms with Crippen molar-refractivity contribution < 1.29 is 23.8 Å². The Morgan fingerprint density at radius 1 is 1.31 bits per heavy atom. The molecule has 1 aromatic carbocycles. The van der Waals surface area contributed by atoms with E-state index in [1.807, 2.05) is 13.0 Å². The van der Waals surface area contributed by atoms with Gasteiger partial charge in [-0.05, 0) is 31.0 Å². The fraction of sp³-hybridized carbons (Fsp3) is 0.381. The summed E-state index contributed by atoms with van der Waals surface area (Å²) in [5, 5.41) is 0.368. The van der Waals surface area contributed by atoms with E-state index in [9.17, 15) is 9.59 Å². The summed E-state index contributed by atoms with van der Waals surface area (Å²) < 4.78 is 16.1. The quantitative estimate of drug-likeness (QED) is 0.500. The molecule has 1 amide bonds. The second-order valence-electron chi connectivity index (χ2n) is 6.52. The number of ether oxygens (including phenoxy) is 3. The number of carbonyl (C=O) groups is 2. The minimum atomic E-state index is -0.656. The van der Waals surface area contributed by atoms with E-state index in [2.05, 4.69) is 11.6 Å². The van der Waals surface area contributed by atoms with Gasteiger partial charge in [0.25, 0.3) is 0 Å². The highest BCUT2D eigenvalue weighted by molar-refractivity contribution is 8.15. The number of hydrogen-bond donors (Lipinski definition) is 0. The molecule has 154 valence electrons. The number of carbonyl (C=O) groups excluding carboxylic acids is 2. The fourth-order valence-electron chi connectivity index (χ4n) is 3.40. The predicted molar refractivity (Wildman–Crippen MR) is 112 cm³/mol. The van der Waals surface area contributed by atoms with Crippen molar-refractivity contribution in [2.45, 2.75) is 31.6 Å². The summed E-state index contributed by atoms with van der Waals surface area (Å²) in [4.78, 5) is 32.1. The standard InChI is InChI=1S/C21H24N2O5S/c1-6-10-28-20(25)17-12(3)22-21-23(19(24)16(7-2)29-21)18(17)13-8-9-14(26-4)15(11-13)27-5/h6,8-9,11,16,18H,1,7,10H2,2-5H3. The SMILES string of the molecule is C=CCOC(=O)C1=C(C)N=C2SC(CC)C(=O)N2C1c1ccc(OC)c(OC)c1. The van der Waals surface area contributed by atoms with Gasteiger partial charge < -0.3 is 14.2 Å². The molecule has 7 nitrogen and oxygen atoms in total. The highest BCUT2D eigenvalue weighted by atomic mass is 32.2. The number of aliphatic imine (C=N–C) groups is 1. The first-order chi connectivity index (χ1) is 14.0. The van der Waals surface area contributed by atoms with Gasteiger partial charge in [0.05, 0.1) is 36.8 Å². The van der Waals surface area contributed by atoms with Crippen LogP contribution in [-0.4, -0.2) is 48.0 Å². The van der Waals surface area contributed by atoms with Gasteiger partial charge >= 0.3 is 5.97 Å². The lowest BCUT2D eigenvalue weighted by Crippen LogP contribution is -2.40. The number of thioether (sulfide) groups is 1. The molecule has 8 heteroatoms. The number of fused-ring (bicyclic) bond motifs is 1. The van der Waals surface area contributed by atoms with Crippen molar-refractivity contribution in [1.82, 2.24) is 4.90 Å². The van der Waals surface area contributed by atoms with Crippen molar-refractivity contribution in [2.75, 3.05) is 20.8 Å². The van der Waals surface area contributed by atoms with Crippen LogP contribution in [0.25, 0.3) is 0 Å². The Hall–Kier alpha value is -2.74. The average Bonchev–Trinajstić information content (AvgIpc) is 3.05. The molecule has 0 bridgehead atoms. The van der Waals surface area contributed by atoms with E-state index < -0.39 is 12.0 Å². The number of hydrogen-bond acceptors (Lipinski definition) is 7. The Kier molecular flexibility index (Phi) is 6.32. The summed E-state index contributed by atoms with van der Waals surface area (Å²) in [5.41, 5.74) is 1.57. The molecule has 2 heterocycles. The van der Waals surface area contributed by atoms with E-state index in [4.69, 9.17) is 14.2 Å². The topological polar surface area (TPSA) is 77.4 Å². The van der Waals surface area contributed by atoms with Crippen LogP contribution in [0.3, 0.4) is 0 Å². The summed E-state index contributed by atoms with van der Waals surface area (Å²) in [6, 6.07) is 4.70. The Balaban J connectivity index is 2.14. The van der Waals surface area contributed by atoms with Gasteiger partial charge in [-0.25, -0.2) is 9.79 Å². The number of amidine groups is 1. The summed E-state index contributed by atoms with van der Waals surface area (Å²) in [5.74, 6) is 0.475. The van der Waals surface area contributed by atoms with Crippen LogP contribution >= 0.6 is 11.8 Å². The molecule has 2 aliphatic heterocycles. The molecule has 1 aromatic rings. The number of methoxy groups -OCH3 is 2. The molecule has 0 aromatic heterocycles. The number of amides is 1. The van der Waals surface area contributed by atoms with Crippen LogP contribution in [0.5, 0.6) is 11.5 Å². The molecule has 3 rings (SSSR count). The van der Waals surface area contributed by atoms with Gasteiger partial charge in [-0.3, -0.25) is 9.69 Å². The molecule has 0 N–H and O–H groups in total. The van der Waals surface area contributed by atoms with E-state index in [0.29, 0.717) is 39.9 Å². The second-order valence-corrected chi connectivity index (χ2v) is 7.69. The highest BCUT2D eigenvalue weighted by Crippen LogP contribution is 2.45. The van der Waals surface area contributed by atoms with E-state index in [1.165, 1.54) is 17.8 Å². The molecule has 1 fully saturated rings. The maximum Gasteiger partial charge on any atom is 0.338 e. The zero-order chi connectivity index (χ0) is 21.1. The maximum absolute atomic E-state index is 13.1. The van der Waals surface area contributed by atoms with Crippen LogP contribution in [0, 0.1) is 0 Å². The Labute approximate surface area is 174 Å². The third-order valence-electron chi connectivity index (χ3n) is 4.80. The lowest BCUT2D eigenvalue weighted by molar-refractivity contribution is -0.139. The highest BCUT2D eigenvalue weighted by Gasteiger charge is 2.47. The molecular formula is C21H24N2O5S. The first-order valence-corrected chi connectivity index (χ1v) is 10.1. The van der Waals surface area contributed by atoms with Crippen molar-refractivity contribution in [3.05, 3.63) is 47.7 Å². The van der Waals surface area contributed by atoms with Crippen molar-refractivity contribution in [3.8, 4) is 11.5 Å². The van der Waals surface area contributed by atoms with E-state index in [1.54, 1.807) is 38.2 Å². The Morgan fingerprint density at radius 2 is 2.03 bits per heavy atom. The summed E-state index contributed by atoms with van der Waals surface area (Å²) in [6.45, 7) is 7.37. The average molecular weight is 416 g/mol. The Bertz CT molecular complexity index is 908. The third kappa shape index (κ3) is 3.76. The van der Waals surface area contributed by atoms with Crippen LogP contribution in [-0.2, 0) is 14.3 Å². The molecule has 2 unspecified atom stereocenters. The molecule has 0 spiro atoms. The van der Waals surface area contributed by atoms with Crippen LogP contribution in [0.15, 0.2) is 47.1 Å². The van der Waals surface area contributed by atoms with Crippen LogP contribution in [0.1, 0.15) is 31.9 Å². The maximum atomic E-state index is 13.1.